The number of carbonyl (C=O) groups excluding carboxylic acids is 1. The number of hydrogen-bond acceptors (Lipinski definition) is 2. The highest BCUT2D eigenvalue weighted by Gasteiger charge is 2.10. The van der Waals surface area contributed by atoms with Crippen LogP contribution in [0.15, 0.2) is 54.1 Å². The third-order valence-corrected chi connectivity index (χ3v) is 3.58. The van der Waals surface area contributed by atoms with Crippen LogP contribution in [-0.2, 0) is 4.79 Å². The fourth-order valence-corrected chi connectivity index (χ4v) is 2.47. The highest BCUT2D eigenvalue weighted by atomic mass is 127. The molecule has 2 rings (SSSR count). The Morgan fingerprint density at radius 3 is 2.57 bits per heavy atom. The van der Waals surface area contributed by atoms with Crippen LogP contribution in [0.3, 0.4) is 0 Å². The van der Waals surface area contributed by atoms with E-state index in [0.717, 1.165) is 20.4 Å². The van der Waals surface area contributed by atoms with Gasteiger partial charge in [0.1, 0.15) is 11.6 Å². The van der Waals surface area contributed by atoms with E-state index in [9.17, 15) is 4.79 Å². The summed E-state index contributed by atoms with van der Waals surface area (Å²) in [6.07, 6.45) is 1.58. The van der Waals surface area contributed by atoms with Crippen molar-refractivity contribution in [2.45, 2.75) is 6.92 Å². The first-order valence-electron chi connectivity index (χ1n) is 6.34. The Morgan fingerprint density at radius 1 is 1.24 bits per heavy atom. The van der Waals surface area contributed by atoms with Crippen LogP contribution in [0.25, 0.3) is 6.08 Å². The summed E-state index contributed by atoms with van der Waals surface area (Å²) < 4.78 is 1.10. The van der Waals surface area contributed by atoms with E-state index in [-0.39, 0.29) is 5.57 Å². The third-order valence-electron chi connectivity index (χ3n) is 2.91. The highest BCUT2D eigenvalue weighted by Crippen LogP contribution is 2.18. The van der Waals surface area contributed by atoms with Crippen molar-refractivity contribution < 1.29 is 4.79 Å². The maximum absolute atomic E-state index is 12.2. The van der Waals surface area contributed by atoms with Gasteiger partial charge in [0.15, 0.2) is 0 Å². The Bertz CT molecular complexity index is 730. The first-order valence-corrected chi connectivity index (χ1v) is 7.42. The van der Waals surface area contributed by atoms with Gasteiger partial charge < -0.3 is 5.32 Å². The number of benzene rings is 2. The Labute approximate surface area is 137 Å². The summed E-state index contributed by atoms with van der Waals surface area (Å²) in [5, 5.41) is 11.9. The van der Waals surface area contributed by atoms with Gasteiger partial charge in [-0.15, -0.1) is 0 Å². The molecule has 0 bridgehead atoms. The molecule has 3 nitrogen and oxygen atoms in total. The van der Waals surface area contributed by atoms with Crippen molar-refractivity contribution in [3.05, 3.63) is 68.8 Å². The van der Waals surface area contributed by atoms with Gasteiger partial charge in [0.05, 0.1) is 0 Å². The number of anilines is 1. The van der Waals surface area contributed by atoms with Gasteiger partial charge in [-0.05, 0) is 64.9 Å². The number of amides is 1. The van der Waals surface area contributed by atoms with Crippen LogP contribution in [0.5, 0.6) is 0 Å². The Hall–Kier alpha value is -2.13. The van der Waals surface area contributed by atoms with Crippen LogP contribution in [0.1, 0.15) is 11.1 Å². The second kappa shape index (κ2) is 7.04. The lowest BCUT2D eigenvalue weighted by Crippen LogP contribution is -2.14. The van der Waals surface area contributed by atoms with E-state index in [0.29, 0.717) is 0 Å². The minimum atomic E-state index is -0.398. The molecule has 1 amide bonds. The van der Waals surface area contributed by atoms with E-state index >= 15 is 0 Å². The zero-order chi connectivity index (χ0) is 15.2. The van der Waals surface area contributed by atoms with Gasteiger partial charge in [-0.3, -0.25) is 4.79 Å². The molecule has 4 heteroatoms. The van der Waals surface area contributed by atoms with E-state index < -0.39 is 5.91 Å². The normalized spacial score (nSPS) is 10.8. The number of nitrogens with zero attached hydrogens (tertiary/aromatic N) is 1. The average Bonchev–Trinajstić information content (AvgIpc) is 2.48. The largest absolute Gasteiger partial charge is 0.321 e. The van der Waals surface area contributed by atoms with E-state index in [1.54, 1.807) is 6.08 Å². The summed E-state index contributed by atoms with van der Waals surface area (Å²) >= 11 is 2.22. The molecule has 0 atom stereocenters. The van der Waals surface area contributed by atoms with Gasteiger partial charge in [0, 0.05) is 9.26 Å². The average molecular weight is 388 g/mol. The molecule has 0 saturated carbocycles. The quantitative estimate of drug-likeness (QED) is 0.488. The van der Waals surface area contributed by atoms with Crippen LogP contribution in [0, 0.1) is 21.8 Å². The fraction of sp³-hybridized carbons (Fsp3) is 0.0588. The molecule has 2 aromatic rings. The van der Waals surface area contributed by atoms with Crippen molar-refractivity contribution in [3.8, 4) is 6.07 Å². The summed E-state index contributed by atoms with van der Waals surface area (Å²) in [6.45, 7) is 1.92. The fourth-order valence-electron chi connectivity index (χ4n) is 1.82. The molecular weight excluding hydrogens is 375 g/mol. The predicted molar refractivity (Wildman–Crippen MR) is 92.6 cm³/mol. The number of halogens is 1. The van der Waals surface area contributed by atoms with Crippen molar-refractivity contribution >= 4 is 40.3 Å². The summed E-state index contributed by atoms with van der Waals surface area (Å²) in [5.74, 6) is -0.398. The third kappa shape index (κ3) is 4.17. The zero-order valence-corrected chi connectivity index (χ0v) is 13.6. The molecule has 0 aliphatic carbocycles. The predicted octanol–water partition coefficient (Wildman–Crippen LogP) is 4.15. The first-order chi connectivity index (χ1) is 10.1. The molecule has 0 aliphatic rings. The van der Waals surface area contributed by atoms with Crippen molar-refractivity contribution in [2.24, 2.45) is 0 Å². The molecule has 0 heterocycles. The monoisotopic (exact) mass is 388 g/mol. The number of nitrogens with one attached hydrogen (secondary N) is 1. The van der Waals surface area contributed by atoms with Crippen LogP contribution in [0.2, 0.25) is 0 Å². The molecule has 0 radical (unpaired) electrons. The Kier molecular flexibility index (Phi) is 5.12. The molecule has 0 saturated heterocycles. The van der Waals surface area contributed by atoms with E-state index in [2.05, 4.69) is 27.9 Å². The van der Waals surface area contributed by atoms with Gasteiger partial charge in [-0.25, -0.2) is 0 Å². The number of rotatable bonds is 3. The molecule has 0 unspecified atom stereocenters. The van der Waals surface area contributed by atoms with Gasteiger partial charge in [-0.2, -0.15) is 5.26 Å². The smallest absolute Gasteiger partial charge is 0.266 e. The first kappa shape index (κ1) is 15.3. The molecule has 2 aromatic carbocycles. The van der Waals surface area contributed by atoms with Crippen LogP contribution < -0.4 is 5.32 Å². The van der Waals surface area contributed by atoms with E-state index in [1.165, 1.54) is 0 Å². The molecule has 104 valence electrons. The minimum absolute atomic E-state index is 0.0825. The SMILES string of the molecule is Cc1cc(I)ccc1NC(=O)/C(C#N)=C/c1ccccc1. The molecule has 21 heavy (non-hydrogen) atoms. The van der Waals surface area contributed by atoms with Crippen molar-refractivity contribution in [2.75, 3.05) is 5.32 Å². The maximum atomic E-state index is 12.2. The number of aryl methyl sites for hydroxylation is 1. The topological polar surface area (TPSA) is 52.9 Å². The number of hydrogen-bond donors (Lipinski definition) is 1. The summed E-state index contributed by atoms with van der Waals surface area (Å²) in [5.41, 5.74) is 2.59. The maximum Gasteiger partial charge on any atom is 0.266 e. The van der Waals surface area contributed by atoms with Crippen LogP contribution >= 0.6 is 22.6 Å². The second-order valence-electron chi connectivity index (χ2n) is 4.49. The summed E-state index contributed by atoms with van der Waals surface area (Å²) in [7, 11) is 0. The van der Waals surface area contributed by atoms with E-state index in [4.69, 9.17) is 5.26 Å². The van der Waals surface area contributed by atoms with Gasteiger partial charge in [-0.1, -0.05) is 30.3 Å². The highest BCUT2D eigenvalue weighted by molar-refractivity contribution is 14.1. The summed E-state index contributed by atoms with van der Waals surface area (Å²) in [6, 6.07) is 17.0. The standard InChI is InChI=1S/C17H13IN2O/c1-12-9-15(18)7-8-16(12)20-17(21)14(11-19)10-13-5-3-2-4-6-13/h2-10H,1H3,(H,20,21)/b14-10+. The summed E-state index contributed by atoms with van der Waals surface area (Å²) in [4.78, 5) is 12.2. The molecule has 0 fully saturated rings. The number of nitriles is 1. The second-order valence-corrected chi connectivity index (χ2v) is 5.74. The van der Waals surface area contributed by atoms with Crippen molar-refractivity contribution in [1.29, 1.82) is 5.26 Å². The van der Waals surface area contributed by atoms with Crippen molar-refractivity contribution in [1.82, 2.24) is 0 Å². The lowest BCUT2D eigenvalue weighted by atomic mass is 10.1. The lowest BCUT2D eigenvalue weighted by molar-refractivity contribution is -0.112. The zero-order valence-electron chi connectivity index (χ0n) is 11.4. The molecular formula is C17H13IN2O. The molecule has 0 aliphatic heterocycles. The minimum Gasteiger partial charge on any atom is -0.321 e. The molecule has 0 spiro atoms. The van der Waals surface area contributed by atoms with Crippen molar-refractivity contribution in [3.63, 3.8) is 0 Å². The number of carbonyl (C=O) groups is 1. The van der Waals surface area contributed by atoms with Gasteiger partial charge >= 0.3 is 0 Å². The lowest BCUT2D eigenvalue weighted by Gasteiger charge is -2.08. The molecule has 1 N–H and O–H groups in total. The van der Waals surface area contributed by atoms with Crippen LogP contribution in [0.4, 0.5) is 5.69 Å². The molecule has 0 aromatic heterocycles. The van der Waals surface area contributed by atoms with Gasteiger partial charge in [0.25, 0.3) is 5.91 Å². The van der Waals surface area contributed by atoms with Gasteiger partial charge in [0.2, 0.25) is 0 Å². The van der Waals surface area contributed by atoms with Crippen LogP contribution in [-0.4, -0.2) is 5.91 Å². The Balaban J connectivity index is 2.22. The van der Waals surface area contributed by atoms with E-state index in [1.807, 2.05) is 61.5 Å². The Morgan fingerprint density at radius 2 is 1.95 bits per heavy atom.